The molecule has 3 N–H and O–H groups in total. The van der Waals surface area contributed by atoms with Crippen molar-refractivity contribution >= 4 is 52.3 Å². The highest BCUT2D eigenvalue weighted by Crippen LogP contribution is 2.23. The van der Waals surface area contributed by atoms with Gasteiger partial charge in [-0.25, -0.2) is 9.98 Å². The van der Waals surface area contributed by atoms with Crippen LogP contribution in [0.5, 0.6) is 0 Å². The zero-order valence-electron chi connectivity index (χ0n) is 17.2. The number of guanidine groups is 1. The zero-order chi connectivity index (χ0) is 20.0. The maximum absolute atomic E-state index is 10.7. The van der Waals surface area contributed by atoms with Gasteiger partial charge in [-0.3, -0.25) is 0 Å². The second-order valence-electron chi connectivity index (χ2n) is 7.06. The normalized spacial score (nSPS) is 13.7. The van der Waals surface area contributed by atoms with Crippen LogP contribution in [-0.4, -0.2) is 40.3 Å². The second kappa shape index (κ2) is 10.9. The van der Waals surface area contributed by atoms with Crippen molar-refractivity contribution in [2.75, 3.05) is 19.6 Å². The third-order valence-electron chi connectivity index (χ3n) is 4.73. The van der Waals surface area contributed by atoms with Crippen molar-refractivity contribution in [3.8, 4) is 0 Å². The number of aliphatic imine (C=N–C) groups is 1. The van der Waals surface area contributed by atoms with Crippen molar-refractivity contribution in [2.24, 2.45) is 4.99 Å². The number of benzene rings is 1. The molecule has 0 amide bonds. The molecule has 0 spiro atoms. The Balaban J connectivity index is 0.00000300. The number of rotatable bonds is 8. The molecule has 3 rings (SSSR count). The fourth-order valence-corrected chi connectivity index (χ4v) is 3.94. The SMILES string of the molecule is CCNC(=NCC(C)(O)c1ccsc1)NCCCn1c(C)nc2ccccc21.I. The molecular weight excluding hydrogens is 497 g/mol. The molecule has 0 radical (unpaired) electrons. The van der Waals surface area contributed by atoms with Gasteiger partial charge in [-0.15, -0.1) is 24.0 Å². The van der Waals surface area contributed by atoms with E-state index in [1.54, 1.807) is 18.3 Å². The topological polar surface area (TPSA) is 74.5 Å². The average molecular weight is 527 g/mol. The molecule has 8 heteroatoms. The summed E-state index contributed by atoms with van der Waals surface area (Å²) in [5.41, 5.74) is 2.15. The summed E-state index contributed by atoms with van der Waals surface area (Å²) < 4.78 is 2.25. The van der Waals surface area contributed by atoms with Crippen molar-refractivity contribution in [2.45, 2.75) is 39.3 Å². The van der Waals surface area contributed by atoms with E-state index in [4.69, 9.17) is 0 Å². The number of aryl methyl sites for hydroxylation is 2. The number of halogens is 1. The summed E-state index contributed by atoms with van der Waals surface area (Å²) in [4.78, 5) is 9.19. The van der Waals surface area contributed by atoms with Gasteiger partial charge in [0.1, 0.15) is 11.4 Å². The Morgan fingerprint density at radius 2 is 2.07 bits per heavy atom. The van der Waals surface area contributed by atoms with Crippen molar-refractivity contribution in [3.05, 3.63) is 52.5 Å². The summed E-state index contributed by atoms with van der Waals surface area (Å²) in [7, 11) is 0. The van der Waals surface area contributed by atoms with Gasteiger partial charge in [-0.1, -0.05) is 12.1 Å². The third-order valence-corrected chi connectivity index (χ3v) is 5.41. The third kappa shape index (κ3) is 6.16. The van der Waals surface area contributed by atoms with Crippen molar-refractivity contribution in [1.82, 2.24) is 20.2 Å². The van der Waals surface area contributed by atoms with E-state index in [0.29, 0.717) is 6.54 Å². The van der Waals surface area contributed by atoms with E-state index in [2.05, 4.69) is 31.2 Å². The number of fused-ring (bicyclic) bond motifs is 1. The number of nitrogens with one attached hydrogen (secondary N) is 2. The molecule has 0 bridgehead atoms. The second-order valence-corrected chi connectivity index (χ2v) is 7.84. The van der Waals surface area contributed by atoms with E-state index in [0.717, 1.165) is 48.9 Å². The Labute approximate surface area is 193 Å². The summed E-state index contributed by atoms with van der Waals surface area (Å²) in [6, 6.07) is 10.2. The monoisotopic (exact) mass is 527 g/mol. The Hall–Kier alpha value is -1.65. The Morgan fingerprint density at radius 1 is 1.28 bits per heavy atom. The largest absolute Gasteiger partial charge is 0.383 e. The maximum atomic E-state index is 10.7. The Morgan fingerprint density at radius 3 is 2.79 bits per heavy atom. The summed E-state index contributed by atoms with van der Waals surface area (Å²) in [6.45, 7) is 8.65. The van der Waals surface area contributed by atoms with E-state index >= 15 is 0 Å². The number of para-hydroxylation sites is 2. The summed E-state index contributed by atoms with van der Waals surface area (Å²) in [6.07, 6.45) is 0.951. The number of aliphatic hydroxyl groups is 1. The van der Waals surface area contributed by atoms with Crippen LogP contribution >= 0.6 is 35.3 Å². The zero-order valence-corrected chi connectivity index (χ0v) is 20.3. The van der Waals surface area contributed by atoms with E-state index in [9.17, 15) is 5.11 Å². The molecule has 1 unspecified atom stereocenters. The number of thiophene rings is 1. The van der Waals surface area contributed by atoms with Crippen LogP contribution in [0, 0.1) is 6.92 Å². The van der Waals surface area contributed by atoms with Crippen LogP contribution in [0.15, 0.2) is 46.1 Å². The highest BCUT2D eigenvalue weighted by molar-refractivity contribution is 14.0. The first-order chi connectivity index (χ1) is 13.5. The number of nitrogens with zero attached hydrogens (tertiary/aromatic N) is 3. The first kappa shape index (κ1) is 23.6. The summed E-state index contributed by atoms with van der Waals surface area (Å²) in [5.74, 6) is 1.76. The quantitative estimate of drug-likeness (QED) is 0.180. The molecule has 29 heavy (non-hydrogen) atoms. The molecule has 0 saturated heterocycles. The fraction of sp³-hybridized carbons (Fsp3) is 0.429. The minimum Gasteiger partial charge on any atom is -0.383 e. The van der Waals surface area contributed by atoms with Gasteiger partial charge < -0.3 is 20.3 Å². The van der Waals surface area contributed by atoms with E-state index < -0.39 is 5.60 Å². The minimum absolute atomic E-state index is 0. The van der Waals surface area contributed by atoms with Gasteiger partial charge >= 0.3 is 0 Å². The lowest BCUT2D eigenvalue weighted by Crippen LogP contribution is -2.39. The van der Waals surface area contributed by atoms with E-state index in [1.165, 1.54) is 5.52 Å². The molecule has 6 nitrogen and oxygen atoms in total. The number of hydrogen-bond donors (Lipinski definition) is 3. The van der Waals surface area contributed by atoms with Gasteiger partial charge in [0, 0.05) is 19.6 Å². The molecule has 3 aromatic rings. The van der Waals surface area contributed by atoms with Gasteiger partial charge in [0.25, 0.3) is 0 Å². The summed E-state index contributed by atoms with van der Waals surface area (Å²) >= 11 is 1.58. The standard InChI is InChI=1S/C21H29N5OS.HI/c1-4-22-20(24-15-21(3,27)17-10-13-28-14-17)23-11-7-12-26-16(2)25-18-8-5-6-9-19(18)26;/h5-6,8-10,13-14,27H,4,7,11-12,15H2,1-3H3,(H2,22,23,24);1H. The molecule has 2 heterocycles. The van der Waals surface area contributed by atoms with Gasteiger partial charge in [0.2, 0.25) is 0 Å². The number of aromatic nitrogens is 2. The van der Waals surface area contributed by atoms with Gasteiger partial charge in [-0.2, -0.15) is 11.3 Å². The van der Waals surface area contributed by atoms with Crippen molar-refractivity contribution in [1.29, 1.82) is 0 Å². The highest BCUT2D eigenvalue weighted by Gasteiger charge is 2.23. The lowest BCUT2D eigenvalue weighted by Gasteiger charge is -2.21. The first-order valence-electron chi connectivity index (χ1n) is 9.70. The van der Waals surface area contributed by atoms with Crippen LogP contribution in [0.4, 0.5) is 0 Å². The fourth-order valence-electron chi connectivity index (χ4n) is 3.16. The molecule has 0 aliphatic carbocycles. The number of hydrogen-bond acceptors (Lipinski definition) is 4. The van der Waals surface area contributed by atoms with Crippen molar-refractivity contribution in [3.63, 3.8) is 0 Å². The van der Waals surface area contributed by atoms with Gasteiger partial charge in [-0.05, 0) is 61.7 Å². The van der Waals surface area contributed by atoms with Crippen LogP contribution in [0.2, 0.25) is 0 Å². The molecule has 2 aromatic heterocycles. The predicted octanol–water partition coefficient (Wildman–Crippen LogP) is 3.88. The summed E-state index contributed by atoms with van der Waals surface area (Å²) in [5, 5.41) is 21.2. The highest BCUT2D eigenvalue weighted by atomic mass is 127. The van der Waals surface area contributed by atoms with Gasteiger partial charge in [0.05, 0.1) is 17.6 Å². The first-order valence-corrected chi connectivity index (χ1v) is 10.6. The number of imidazole rings is 1. The average Bonchev–Trinajstić information content (AvgIpc) is 3.32. The van der Waals surface area contributed by atoms with Crippen LogP contribution in [0.25, 0.3) is 11.0 Å². The molecule has 158 valence electrons. The van der Waals surface area contributed by atoms with Crippen LogP contribution in [0.3, 0.4) is 0 Å². The molecular formula is C21H30IN5OS. The molecule has 0 fully saturated rings. The lowest BCUT2D eigenvalue weighted by atomic mass is 10.00. The Kier molecular flexibility index (Phi) is 8.91. The molecule has 0 aliphatic heterocycles. The molecule has 1 aromatic carbocycles. The smallest absolute Gasteiger partial charge is 0.191 e. The maximum Gasteiger partial charge on any atom is 0.191 e. The molecule has 0 aliphatic rings. The van der Waals surface area contributed by atoms with E-state index in [-0.39, 0.29) is 24.0 Å². The van der Waals surface area contributed by atoms with Gasteiger partial charge in [0.15, 0.2) is 5.96 Å². The van der Waals surface area contributed by atoms with Crippen molar-refractivity contribution < 1.29 is 5.11 Å². The van der Waals surface area contributed by atoms with Crippen LogP contribution in [-0.2, 0) is 12.1 Å². The minimum atomic E-state index is -0.963. The predicted molar refractivity (Wildman–Crippen MR) is 132 cm³/mol. The van der Waals surface area contributed by atoms with E-state index in [1.807, 2.05) is 48.9 Å². The Bertz CT molecular complexity index is 920. The molecule has 0 saturated carbocycles. The van der Waals surface area contributed by atoms with Crippen LogP contribution in [0.1, 0.15) is 31.7 Å². The lowest BCUT2D eigenvalue weighted by molar-refractivity contribution is 0.0677. The molecule has 1 atom stereocenters. The van der Waals surface area contributed by atoms with Crippen LogP contribution < -0.4 is 10.6 Å².